The number of fused-ring (bicyclic) bond motifs is 1. The minimum Gasteiger partial charge on any atom is -0.491 e. The molecule has 0 bridgehead atoms. The summed E-state index contributed by atoms with van der Waals surface area (Å²) in [6, 6.07) is 13.6. The van der Waals surface area contributed by atoms with E-state index in [0.29, 0.717) is 35.7 Å². The van der Waals surface area contributed by atoms with E-state index in [1.165, 1.54) is 11.7 Å². The molecule has 10 nitrogen and oxygen atoms in total. The first kappa shape index (κ1) is 26.4. The molecule has 0 amide bonds. The van der Waals surface area contributed by atoms with Crippen LogP contribution in [0.4, 0.5) is 0 Å². The molecule has 0 aliphatic heterocycles. The summed E-state index contributed by atoms with van der Waals surface area (Å²) in [5.74, 6) is 0.316. The average molecular weight is 527 g/mol. The number of hydrogen-bond acceptors (Lipinski definition) is 8. The maximum Gasteiger partial charge on any atom is 0.329 e. The number of rotatable bonds is 11. The fourth-order valence-corrected chi connectivity index (χ4v) is 5.17. The van der Waals surface area contributed by atoms with Gasteiger partial charge in [-0.25, -0.2) is 18.2 Å². The summed E-state index contributed by atoms with van der Waals surface area (Å²) in [6.07, 6.45) is 2.84. The first-order valence-corrected chi connectivity index (χ1v) is 13.8. The van der Waals surface area contributed by atoms with Gasteiger partial charge < -0.3 is 14.2 Å². The van der Waals surface area contributed by atoms with Gasteiger partial charge in [-0.2, -0.15) is 0 Å². The highest BCUT2D eigenvalue weighted by molar-refractivity contribution is 7.90. The van der Waals surface area contributed by atoms with Gasteiger partial charge in [0.1, 0.15) is 9.84 Å². The van der Waals surface area contributed by atoms with E-state index >= 15 is 0 Å². The zero-order valence-corrected chi connectivity index (χ0v) is 22.1. The molecule has 0 aliphatic rings. The highest BCUT2D eigenvalue weighted by atomic mass is 32.2. The van der Waals surface area contributed by atoms with Crippen LogP contribution in [0, 0.1) is 0 Å². The minimum atomic E-state index is -3.52. The van der Waals surface area contributed by atoms with Crippen LogP contribution >= 0.6 is 0 Å². The number of nitrogens with zero attached hydrogens (tertiary/aromatic N) is 4. The molecule has 0 saturated carbocycles. The van der Waals surface area contributed by atoms with Crippen molar-refractivity contribution in [3.05, 3.63) is 70.9 Å². The first-order valence-electron chi connectivity index (χ1n) is 11.8. The Kier molecular flexibility index (Phi) is 7.94. The quantitative estimate of drug-likeness (QED) is 0.293. The van der Waals surface area contributed by atoms with E-state index in [4.69, 9.17) is 14.2 Å². The Morgan fingerprint density at radius 1 is 1.05 bits per heavy atom. The monoisotopic (exact) mass is 526 g/mol. The highest BCUT2D eigenvalue weighted by Gasteiger charge is 2.28. The van der Waals surface area contributed by atoms with Gasteiger partial charge in [-0.1, -0.05) is 12.1 Å². The predicted molar refractivity (Wildman–Crippen MR) is 141 cm³/mol. The van der Waals surface area contributed by atoms with Crippen LogP contribution in [-0.2, 0) is 21.1 Å². The van der Waals surface area contributed by atoms with Gasteiger partial charge >= 0.3 is 5.69 Å². The summed E-state index contributed by atoms with van der Waals surface area (Å²) in [5.41, 5.74) is 2.81. The lowest BCUT2D eigenvalue weighted by molar-refractivity contribution is 0.187. The van der Waals surface area contributed by atoms with Crippen molar-refractivity contribution >= 4 is 20.9 Å². The van der Waals surface area contributed by atoms with Crippen LogP contribution in [0.25, 0.3) is 22.3 Å². The van der Waals surface area contributed by atoms with E-state index in [1.54, 1.807) is 30.0 Å². The molecule has 0 saturated heterocycles. The average Bonchev–Trinajstić information content (AvgIpc) is 3.16. The normalized spacial score (nSPS) is 12.5. The number of aromatic nitrogens is 4. The van der Waals surface area contributed by atoms with E-state index in [2.05, 4.69) is 9.97 Å². The van der Waals surface area contributed by atoms with Crippen molar-refractivity contribution in [1.82, 2.24) is 19.1 Å². The minimum absolute atomic E-state index is 0.231. The number of hydrogen-bond donors (Lipinski definition) is 0. The number of methoxy groups -OCH3 is 2. The SMILES string of the molecule is CCOc1nc(C(CS(C)(=O)=O)n2c(=O)n(CCOC)c3cc(-c4ccccn4)ccc32)ccc1OC. The number of ether oxygens (including phenoxy) is 3. The first-order chi connectivity index (χ1) is 17.8. The van der Waals surface area contributed by atoms with Crippen LogP contribution in [0.3, 0.4) is 0 Å². The molecule has 0 aliphatic carbocycles. The molecule has 0 radical (unpaired) electrons. The van der Waals surface area contributed by atoms with Crippen LogP contribution in [0.15, 0.2) is 59.5 Å². The standard InChI is InChI=1S/C26H30N4O6S/c1-5-36-25-24(35-3)12-10-20(28-25)23(17-37(4,32)33)30-21-11-9-18(19-8-6-7-13-27-19)16-22(21)29(26(30)31)14-15-34-2/h6-13,16,23H,5,14-15,17H2,1-4H3. The second kappa shape index (κ2) is 11.1. The second-order valence-corrected chi connectivity index (χ2v) is 10.7. The Balaban J connectivity index is 1.97. The van der Waals surface area contributed by atoms with E-state index in [0.717, 1.165) is 17.5 Å². The van der Waals surface area contributed by atoms with E-state index in [1.807, 2.05) is 43.3 Å². The lowest BCUT2D eigenvalue weighted by Crippen LogP contribution is -2.32. The topological polar surface area (TPSA) is 115 Å². The smallest absolute Gasteiger partial charge is 0.329 e. The van der Waals surface area contributed by atoms with Crippen LogP contribution < -0.4 is 15.2 Å². The molecule has 4 aromatic rings. The number of pyridine rings is 2. The Bertz CT molecular complexity index is 1550. The van der Waals surface area contributed by atoms with Crippen LogP contribution in [0.5, 0.6) is 11.6 Å². The zero-order chi connectivity index (χ0) is 26.6. The van der Waals surface area contributed by atoms with Crippen molar-refractivity contribution < 1.29 is 22.6 Å². The molecule has 4 rings (SSSR count). The van der Waals surface area contributed by atoms with Gasteiger partial charge in [-0.3, -0.25) is 14.1 Å². The van der Waals surface area contributed by atoms with Crippen molar-refractivity contribution in [2.75, 3.05) is 39.4 Å². The fourth-order valence-electron chi connectivity index (χ4n) is 4.27. The highest BCUT2D eigenvalue weighted by Crippen LogP contribution is 2.31. The molecule has 3 heterocycles. The zero-order valence-electron chi connectivity index (χ0n) is 21.2. The lowest BCUT2D eigenvalue weighted by atomic mass is 10.1. The van der Waals surface area contributed by atoms with Crippen LogP contribution in [0.2, 0.25) is 0 Å². The third-order valence-electron chi connectivity index (χ3n) is 5.90. The molecule has 1 aromatic carbocycles. The Hall–Kier alpha value is -3.70. The second-order valence-electron chi connectivity index (χ2n) is 8.50. The van der Waals surface area contributed by atoms with E-state index in [9.17, 15) is 13.2 Å². The van der Waals surface area contributed by atoms with E-state index < -0.39 is 15.9 Å². The molecular formula is C26H30N4O6S. The van der Waals surface area contributed by atoms with Crippen LogP contribution in [0.1, 0.15) is 18.7 Å². The third kappa shape index (κ3) is 5.67. The van der Waals surface area contributed by atoms with Crippen molar-refractivity contribution in [2.45, 2.75) is 19.5 Å². The summed E-state index contributed by atoms with van der Waals surface area (Å²) in [6.45, 7) is 2.75. The molecule has 196 valence electrons. The Labute approximate surface area is 215 Å². The van der Waals surface area contributed by atoms with Gasteiger partial charge in [-0.05, 0) is 43.3 Å². The number of sulfone groups is 1. The van der Waals surface area contributed by atoms with Crippen molar-refractivity contribution in [3.63, 3.8) is 0 Å². The van der Waals surface area contributed by atoms with Crippen molar-refractivity contribution in [3.8, 4) is 22.9 Å². The summed E-state index contributed by atoms with van der Waals surface area (Å²) < 4.78 is 44.4. The maximum absolute atomic E-state index is 13.9. The summed E-state index contributed by atoms with van der Waals surface area (Å²) in [4.78, 5) is 22.8. The number of benzene rings is 1. The van der Waals surface area contributed by atoms with Gasteiger partial charge in [0, 0.05) is 25.1 Å². The molecule has 0 fully saturated rings. The van der Waals surface area contributed by atoms with Crippen LogP contribution in [-0.4, -0.2) is 67.0 Å². The van der Waals surface area contributed by atoms with Gasteiger partial charge in [0.15, 0.2) is 5.75 Å². The lowest BCUT2D eigenvalue weighted by Gasteiger charge is -2.19. The molecule has 37 heavy (non-hydrogen) atoms. The van der Waals surface area contributed by atoms with Gasteiger partial charge in [0.25, 0.3) is 5.88 Å². The fraction of sp³-hybridized carbons (Fsp3) is 0.346. The largest absolute Gasteiger partial charge is 0.491 e. The number of imidazole rings is 1. The third-order valence-corrected chi connectivity index (χ3v) is 6.83. The van der Waals surface area contributed by atoms with E-state index in [-0.39, 0.29) is 23.9 Å². The predicted octanol–water partition coefficient (Wildman–Crippen LogP) is 2.95. The molecule has 1 unspecified atom stereocenters. The van der Waals surface area contributed by atoms with Crippen molar-refractivity contribution in [1.29, 1.82) is 0 Å². The van der Waals surface area contributed by atoms with Gasteiger partial charge in [0.2, 0.25) is 0 Å². The summed E-state index contributed by atoms with van der Waals surface area (Å²) in [5, 5.41) is 0. The molecule has 11 heteroatoms. The van der Waals surface area contributed by atoms with Crippen molar-refractivity contribution in [2.24, 2.45) is 0 Å². The molecular weight excluding hydrogens is 496 g/mol. The molecule has 3 aromatic heterocycles. The molecule has 0 spiro atoms. The summed E-state index contributed by atoms with van der Waals surface area (Å²) in [7, 11) is -0.458. The summed E-state index contributed by atoms with van der Waals surface area (Å²) >= 11 is 0. The molecule has 1 atom stereocenters. The molecule has 0 N–H and O–H groups in total. The Morgan fingerprint density at radius 2 is 1.86 bits per heavy atom. The maximum atomic E-state index is 13.9. The Morgan fingerprint density at radius 3 is 2.51 bits per heavy atom. The van der Waals surface area contributed by atoms with Gasteiger partial charge in [-0.15, -0.1) is 0 Å². The van der Waals surface area contributed by atoms with Gasteiger partial charge in [0.05, 0.1) is 61.1 Å².